The number of hydrogen-bond donors (Lipinski definition) is 2. The quantitative estimate of drug-likeness (QED) is 0.538. The molecular weight excluding hydrogens is 464 g/mol. The first-order chi connectivity index (χ1) is 15.8. The highest BCUT2D eigenvalue weighted by molar-refractivity contribution is 8.02. The molecule has 33 heavy (non-hydrogen) atoms. The topological polar surface area (TPSA) is 95.9 Å². The molecule has 0 radical (unpaired) electrons. The van der Waals surface area contributed by atoms with Crippen LogP contribution in [-0.4, -0.2) is 63.1 Å². The van der Waals surface area contributed by atoms with Crippen molar-refractivity contribution in [2.45, 2.75) is 62.1 Å². The number of carbonyl (C=O) groups is 3. The highest BCUT2D eigenvalue weighted by atomic mass is 35.5. The van der Waals surface area contributed by atoms with Crippen molar-refractivity contribution >= 4 is 46.8 Å². The molecule has 3 aliphatic heterocycles. The third-order valence-corrected chi connectivity index (χ3v) is 9.71. The molecule has 3 heterocycles. The number of carbonyl (C=O) groups excluding carboxylic acids is 3. The number of aliphatic hydroxyl groups is 1. The predicted octanol–water partition coefficient (Wildman–Crippen LogP) is 3.34. The Balaban J connectivity index is 1.75. The zero-order valence-electron chi connectivity index (χ0n) is 19.1. The Morgan fingerprint density at radius 1 is 1.33 bits per heavy atom. The Morgan fingerprint density at radius 2 is 2.03 bits per heavy atom. The second-order valence-electron chi connectivity index (χ2n) is 9.19. The van der Waals surface area contributed by atoms with Gasteiger partial charge in [-0.05, 0) is 49.9 Å². The van der Waals surface area contributed by atoms with Crippen LogP contribution in [0.15, 0.2) is 24.3 Å². The molecule has 7 nitrogen and oxygen atoms in total. The Hall–Kier alpha value is -1.77. The van der Waals surface area contributed by atoms with E-state index in [2.05, 4.69) is 5.32 Å². The molecule has 3 aliphatic rings. The number of nitrogens with one attached hydrogen (secondary N) is 1. The number of rotatable bonds is 8. The predicted molar refractivity (Wildman–Crippen MR) is 128 cm³/mol. The number of nitrogens with zero attached hydrogens (tertiary/aromatic N) is 1. The van der Waals surface area contributed by atoms with Crippen molar-refractivity contribution < 1.29 is 24.2 Å². The van der Waals surface area contributed by atoms with E-state index < -0.39 is 28.7 Å². The molecule has 0 aliphatic carbocycles. The SMILES string of the molecule is CCOC(=O)[C@@H]1[C@@H]2CCC3(S2)C(C(=O)Nc2ccc(Cl)cc2)N([C@@H](CO)[C@@H](C)CC)C(=O)[C@H]13. The van der Waals surface area contributed by atoms with Gasteiger partial charge in [-0.2, -0.15) is 0 Å². The van der Waals surface area contributed by atoms with Crippen LogP contribution in [-0.2, 0) is 19.1 Å². The van der Waals surface area contributed by atoms with E-state index >= 15 is 0 Å². The fraction of sp³-hybridized carbons (Fsp3) is 0.625. The fourth-order valence-corrected chi connectivity index (χ4v) is 8.13. The highest BCUT2D eigenvalue weighted by Crippen LogP contribution is 2.67. The fourth-order valence-electron chi connectivity index (χ4n) is 5.81. The number of amides is 2. The Kier molecular flexibility index (Phi) is 6.99. The zero-order chi connectivity index (χ0) is 23.9. The standard InChI is InChI=1S/C24H31ClN2O5S/c1-4-13(3)16(12-28)27-20(21(29)26-15-8-6-14(25)7-9-15)24-11-10-17(33-24)18(19(24)22(27)30)23(31)32-5-2/h6-9,13,16-20,28H,4-5,10-12H2,1-3H3,(H,26,29)/t13-,16-,17-,18+,19-,20?,24?/m0/s1. The van der Waals surface area contributed by atoms with Gasteiger partial charge in [0.15, 0.2) is 0 Å². The third kappa shape index (κ3) is 3.94. The number of thioether (sulfide) groups is 1. The van der Waals surface area contributed by atoms with Gasteiger partial charge in [0.1, 0.15) is 6.04 Å². The van der Waals surface area contributed by atoms with Crippen molar-refractivity contribution in [3.8, 4) is 0 Å². The minimum Gasteiger partial charge on any atom is -0.466 e. The van der Waals surface area contributed by atoms with Gasteiger partial charge in [0, 0.05) is 16.0 Å². The molecule has 7 atom stereocenters. The van der Waals surface area contributed by atoms with Crippen LogP contribution in [0.5, 0.6) is 0 Å². The molecule has 1 aromatic carbocycles. The van der Waals surface area contributed by atoms with Crippen LogP contribution in [0.2, 0.25) is 5.02 Å². The maximum Gasteiger partial charge on any atom is 0.310 e. The van der Waals surface area contributed by atoms with Gasteiger partial charge >= 0.3 is 5.97 Å². The first-order valence-electron chi connectivity index (χ1n) is 11.6. The van der Waals surface area contributed by atoms with Crippen LogP contribution < -0.4 is 5.32 Å². The third-order valence-electron chi connectivity index (χ3n) is 7.50. The van der Waals surface area contributed by atoms with Crippen molar-refractivity contribution in [1.29, 1.82) is 0 Å². The number of anilines is 1. The van der Waals surface area contributed by atoms with Crippen molar-refractivity contribution in [2.24, 2.45) is 17.8 Å². The molecule has 1 aromatic rings. The van der Waals surface area contributed by atoms with E-state index in [1.54, 1.807) is 47.9 Å². The molecule has 2 N–H and O–H groups in total. The molecule has 3 saturated heterocycles. The summed E-state index contributed by atoms with van der Waals surface area (Å²) in [4.78, 5) is 42.2. The maximum atomic E-state index is 13.9. The number of benzene rings is 1. The normalized spacial score (nSPS) is 31.9. The average molecular weight is 495 g/mol. The molecule has 2 unspecified atom stereocenters. The minimum atomic E-state index is -0.786. The Bertz CT molecular complexity index is 928. The maximum absolute atomic E-state index is 13.9. The lowest BCUT2D eigenvalue weighted by Gasteiger charge is -2.39. The van der Waals surface area contributed by atoms with E-state index in [9.17, 15) is 19.5 Å². The molecule has 0 saturated carbocycles. The van der Waals surface area contributed by atoms with E-state index in [4.69, 9.17) is 16.3 Å². The second-order valence-corrected chi connectivity index (χ2v) is 11.2. The number of aliphatic hydroxyl groups excluding tert-OH is 1. The van der Waals surface area contributed by atoms with E-state index in [-0.39, 0.29) is 42.2 Å². The minimum absolute atomic E-state index is 0.0109. The lowest BCUT2D eigenvalue weighted by molar-refractivity contribution is -0.154. The summed E-state index contributed by atoms with van der Waals surface area (Å²) in [6.45, 7) is 5.73. The average Bonchev–Trinajstić information content (AvgIpc) is 3.43. The molecule has 4 rings (SSSR count). The van der Waals surface area contributed by atoms with Gasteiger partial charge in [0.25, 0.3) is 0 Å². The van der Waals surface area contributed by atoms with Gasteiger partial charge in [0.05, 0.1) is 35.8 Å². The highest BCUT2D eigenvalue weighted by Gasteiger charge is 2.74. The summed E-state index contributed by atoms with van der Waals surface area (Å²) < 4.78 is 4.63. The summed E-state index contributed by atoms with van der Waals surface area (Å²) >= 11 is 7.57. The van der Waals surface area contributed by atoms with Crippen LogP contribution in [0, 0.1) is 17.8 Å². The largest absolute Gasteiger partial charge is 0.466 e. The van der Waals surface area contributed by atoms with E-state index in [0.717, 1.165) is 12.8 Å². The molecular formula is C24H31ClN2O5S. The Morgan fingerprint density at radius 3 is 2.64 bits per heavy atom. The van der Waals surface area contributed by atoms with Gasteiger partial charge in [-0.25, -0.2) is 0 Å². The molecule has 3 fully saturated rings. The number of fused-ring (bicyclic) bond motifs is 1. The van der Waals surface area contributed by atoms with Gasteiger partial charge in [-0.15, -0.1) is 11.8 Å². The number of ether oxygens (including phenoxy) is 1. The summed E-state index contributed by atoms with van der Waals surface area (Å²) in [6, 6.07) is 5.53. The zero-order valence-corrected chi connectivity index (χ0v) is 20.7. The lowest BCUT2D eigenvalue weighted by atomic mass is 9.71. The van der Waals surface area contributed by atoms with Gasteiger partial charge in [-0.1, -0.05) is 31.9 Å². The van der Waals surface area contributed by atoms with Gasteiger partial charge in [0.2, 0.25) is 11.8 Å². The van der Waals surface area contributed by atoms with Crippen LogP contribution in [0.4, 0.5) is 5.69 Å². The summed E-state index contributed by atoms with van der Waals surface area (Å²) in [5, 5.41) is 13.8. The molecule has 180 valence electrons. The monoisotopic (exact) mass is 494 g/mol. The van der Waals surface area contributed by atoms with Crippen molar-refractivity contribution in [3.63, 3.8) is 0 Å². The van der Waals surface area contributed by atoms with Crippen LogP contribution in [0.1, 0.15) is 40.0 Å². The van der Waals surface area contributed by atoms with Crippen LogP contribution in [0.3, 0.4) is 0 Å². The van der Waals surface area contributed by atoms with Crippen molar-refractivity contribution in [1.82, 2.24) is 4.90 Å². The van der Waals surface area contributed by atoms with Gasteiger partial charge in [-0.3, -0.25) is 14.4 Å². The second kappa shape index (κ2) is 9.47. The summed E-state index contributed by atoms with van der Waals surface area (Å²) in [6.07, 6.45) is 2.17. The first-order valence-corrected chi connectivity index (χ1v) is 12.9. The summed E-state index contributed by atoms with van der Waals surface area (Å²) in [7, 11) is 0. The van der Waals surface area contributed by atoms with Crippen LogP contribution in [0.25, 0.3) is 0 Å². The number of halogens is 1. The molecule has 0 aromatic heterocycles. The van der Waals surface area contributed by atoms with Crippen LogP contribution >= 0.6 is 23.4 Å². The van der Waals surface area contributed by atoms with Gasteiger partial charge < -0.3 is 20.1 Å². The van der Waals surface area contributed by atoms with E-state index in [1.165, 1.54) is 0 Å². The molecule has 1 spiro atoms. The molecule has 9 heteroatoms. The summed E-state index contributed by atoms with van der Waals surface area (Å²) in [5.74, 6) is -2.09. The van der Waals surface area contributed by atoms with E-state index in [0.29, 0.717) is 17.1 Å². The summed E-state index contributed by atoms with van der Waals surface area (Å²) in [5.41, 5.74) is 0.584. The number of hydrogen-bond acceptors (Lipinski definition) is 6. The molecule has 2 amide bonds. The Labute approximate surface area is 203 Å². The number of likely N-dealkylation sites (tertiary alicyclic amines) is 1. The number of esters is 1. The first kappa shape index (κ1) is 24.4. The van der Waals surface area contributed by atoms with Crippen molar-refractivity contribution in [3.05, 3.63) is 29.3 Å². The molecule has 2 bridgehead atoms. The van der Waals surface area contributed by atoms with Crippen molar-refractivity contribution in [2.75, 3.05) is 18.5 Å². The van der Waals surface area contributed by atoms with E-state index in [1.807, 2.05) is 13.8 Å². The lowest BCUT2D eigenvalue weighted by Crippen LogP contribution is -2.56. The smallest absolute Gasteiger partial charge is 0.310 e.